The van der Waals surface area contributed by atoms with Gasteiger partial charge in [0, 0.05) is 13.1 Å². The molecule has 0 bridgehead atoms. The SMILES string of the molecule is Cc1cccc(F)c1NC(=O)c1cc(F)c(-n2nc(CO)n(C)c2=O)cc1OCC(F)(F)F. The van der Waals surface area contributed by atoms with Gasteiger partial charge in [-0.2, -0.15) is 17.9 Å². The second-order valence-electron chi connectivity index (χ2n) is 6.92. The summed E-state index contributed by atoms with van der Waals surface area (Å²) in [7, 11) is 1.24. The maximum atomic E-state index is 14.9. The van der Waals surface area contributed by atoms with Gasteiger partial charge in [-0.05, 0) is 24.6 Å². The summed E-state index contributed by atoms with van der Waals surface area (Å²) in [6.45, 7) is -1.01. The van der Waals surface area contributed by atoms with Crippen LogP contribution in [0.4, 0.5) is 27.6 Å². The molecule has 0 aliphatic carbocycles. The lowest BCUT2D eigenvalue weighted by Gasteiger charge is -2.16. The van der Waals surface area contributed by atoms with Gasteiger partial charge in [-0.25, -0.2) is 13.6 Å². The van der Waals surface area contributed by atoms with Crippen LogP contribution in [0.3, 0.4) is 0 Å². The van der Waals surface area contributed by atoms with E-state index in [9.17, 15) is 36.6 Å². The van der Waals surface area contributed by atoms with Crippen molar-refractivity contribution in [1.29, 1.82) is 0 Å². The Balaban J connectivity index is 2.10. The highest BCUT2D eigenvalue weighted by molar-refractivity contribution is 6.06. The number of anilines is 1. The van der Waals surface area contributed by atoms with Crippen molar-refractivity contribution in [3.8, 4) is 11.4 Å². The van der Waals surface area contributed by atoms with Crippen LogP contribution in [0.1, 0.15) is 21.7 Å². The number of carbonyl (C=O) groups excluding carboxylic acids is 1. The Morgan fingerprint density at radius 3 is 2.48 bits per heavy atom. The molecular weight excluding hydrogens is 455 g/mol. The molecule has 0 aliphatic heterocycles. The molecule has 33 heavy (non-hydrogen) atoms. The number of aromatic nitrogens is 3. The van der Waals surface area contributed by atoms with E-state index in [1.54, 1.807) is 0 Å². The fraction of sp³-hybridized carbons (Fsp3) is 0.250. The van der Waals surface area contributed by atoms with Crippen molar-refractivity contribution in [2.45, 2.75) is 19.7 Å². The molecule has 0 fully saturated rings. The Hall–Kier alpha value is -3.74. The van der Waals surface area contributed by atoms with Crippen molar-refractivity contribution in [3.05, 3.63) is 69.4 Å². The number of aliphatic hydroxyl groups is 1. The van der Waals surface area contributed by atoms with E-state index in [4.69, 9.17) is 4.74 Å². The van der Waals surface area contributed by atoms with Gasteiger partial charge in [0.05, 0.1) is 11.3 Å². The van der Waals surface area contributed by atoms with E-state index in [1.807, 2.05) is 0 Å². The number of para-hydroxylation sites is 1. The summed E-state index contributed by atoms with van der Waals surface area (Å²) in [6.07, 6.45) is -4.80. The Morgan fingerprint density at radius 2 is 1.91 bits per heavy atom. The summed E-state index contributed by atoms with van der Waals surface area (Å²) in [5.41, 5.74) is -2.13. The molecule has 0 saturated carbocycles. The number of alkyl halides is 3. The maximum Gasteiger partial charge on any atom is 0.422 e. The molecule has 1 aromatic heterocycles. The van der Waals surface area contributed by atoms with Gasteiger partial charge < -0.3 is 15.2 Å². The number of nitrogens with zero attached hydrogens (tertiary/aromatic N) is 3. The number of aryl methyl sites for hydroxylation is 1. The second-order valence-corrected chi connectivity index (χ2v) is 6.92. The predicted molar refractivity (Wildman–Crippen MR) is 105 cm³/mol. The molecule has 1 amide bonds. The largest absolute Gasteiger partial charge is 0.483 e. The van der Waals surface area contributed by atoms with E-state index < -0.39 is 59.6 Å². The smallest absolute Gasteiger partial charge is 0.422 e. The minimum absolute atomic E-state index is 0.144. The molecule has 176 valence electrons. The molecule has 1 heterocycles. The van der Waals surface area contributed by atoms with Gasteiger partial charge >= 0.3 is 11.9 Å². The molecule has 3 rings (SSSR count). The number of nitrogens with one attached hydrogen (secondary N) is 1. The van der Waals surface area contributed by atoms with E-state index >= 15 is 0 Å². The summed E-state index contributed by atoms with van der Waals surface area (Å²) in [6, 6.07) is 5.17. The van der Waals surface area contributed by atoms with Crippen LogP contribution < -0.4 is 15.7 Å². The summed E-state index contributed by atoms with van der Waals surface area (Å²) in [4.78, 5) is 25.0. The first-order valence-electron chi connectivity index (χ1n) is 9.28. The molecule has 0 unspecified atom stereocenters. The number of carbonyl (C=O) groups is 1. The number of benzene rings is 2. The third-order valence-corrected chi connectivity index (χ3v) is 4.59. The normalized spacial score (nSPS) is 11.5. The lowest BCUT2D eigenvalue weighted by Crippen LogP contribution is -2.24. The monoisotopic (exact) mass is 472 g/mol. The average Bonchev–Trinajstić information content (AvgIpc) is 3.03. The van der Waals surface area contributed by atoms with Crippen molar-refractivity contribution in [2.75, 3.05) is 11.9 Å². The predicted octanol–water partition coefficient (Wildman–Crippen LogP) is 2.84. The zero-order valence-corrected chi connectivity index (χ0v) is 17.2. The molecular formula is C20H17F5N4O4. The lowest BCUT2D eigenvalue weighted by atomic mass is 10.1. The van der Waals surface area contributed by atoms with E-state index in [0.29, 0.717) is 22.4 Å². The molecule has 0 spiro atoms. The number of hydrogen-bond acceptors (Lipinski definition) is 5. The third-order valence-electron chi connectivity index (χ3n) is 4.59. The molecule has 2 aromatic carbocycles. The fourth-order valence-electron chi connectivity index (χ4n) is 2.90. The first-order chi connectivity index (χ1) is 15.4. The van der Waals surface area contributed by atoms with Crippen molar-refractivity contribution >= 4 is 11.6 Å². The summed E-state index contributed by atoms with van der Waals surface area (Å²) >= 11 is 0. The average molecular weight is 472 g/mol. The Labute approximate surface area is 182 Å². The Morgan fingerprint density at radius 1 is 1.21 bits per heavy atom. The van der Waals surface area contributed by atoms with Crippen LogP contribution in [-0.2, 0) is 13.7 Å². The van der Waals surface area contributed by atoms with Gasteiger partial charge in [0.1, 0.15) is 29.7 Å². The zero-order valence-electron chi connectivity index (χ0n) is 17.2. The van der Waals surface area contributed by atoms with Gasteiger partial charge in [-0.15, -0.1) is 5.10 Å². The molecule has 13 heteroatoms. The highest BCUT2D eigenvalue weighted by atomic mass is 19.4. The molecule has 3 aromatic rings. The molecule has 0 aliphatic rings. The number of hydrogen-bond donors (Lipinski definition) is 2. The van der Waals surface area contributed by atoms with Crippen molar-refractivity contribution in [3.63, 3.8) is 0 Å². The summed E-state index contributed by atoms with van der Waals surface area (Å²) in [5, 5.41) is 15.2. The number of halogens is 5. The molecule has 0 radical (unpaired) electrons. The Kier molecular flexibility index (Phi) is 6.53. The van der Waals surface area contributed by atoms with Gasteiger partial charge in [0.15, 0.2) is 12.4 Å². The first kappa shape index (κ1) is 23.9. The molecule has 0 saturated heterocycles. The maximum absolute atomic E-state index is 14.9. The van der Waals surface area contributed by atoms with Gasteiger partial charge in [0.25, 0.3) is 5.91 Å². The van der Waals surface area contributed by atoms with Gasteiger partial charge in [-0.3, -0.25) is 9.36 Å². The van der Waals surface area contributed by atoms with Gasteiger partial charge in [0.2, 0.25) is 0 Å². The van der Waals surface area contributed by atoms with Crippen molar-refractivity contribution in [2.24, 2.45) is 7.05 Å². The highest BCUT2D eigenvalue weighted by Crippen LogP contribution is 2.29. The van der Waals surface area contributed by atoms with Crippen molar-refractivity contribution in [1.82, 2.24) is 14.3 Å². The Bertz CT molecular complexity index is 1250. The van der Waals surface area contributed by atoms with Crippen LogP contribution in [0, 0.1) is 18.6 Å². The van der Waals surface area contributed by atoms with Crippen LogP contribution in [0.2, 0.25) is 0 Å². The quantitative estimate of drug-likeness (QED) is 0.538. The number of ether oxygens (including phenoxy) is 1. The zero-order chi connectivity index (χ0) is 24.5. The molecule has 0 atom stereocenters. The third kappa shape index (κ3) is 5.03. The van der Waals surface area contributed by atoms with Crippen LogP contribution in [-0.4, -0.2) is 38.1 Å². The first-order valence-corrected chi connectivity index (χ1v) is 9.28. The minimum atomic E-state index is -4.80. The summed E-state index contributed by atoms with van der Waals surface area (Å²) < 4.78 is 73.3. The molecule has 8 nitrogen and oxygen atoms in total. The van der Waals surface area contributed by atoms with Gasteiger partial charge in [-0.1, -0.05) is 12.1 Å². The van der Waals surface area contributed by atoms with Crippen LogP contribution in [0.15, 0.2) is 35.1 Å². The number of aliphatic hydroxyl groups excluding tert-OH is 1. The van der Waals surface area contributed by atoms with E-state index in [2.05, 4.69) is 10.4 Å². The standard InChI is InChI=1S/C20H17F5N4O4/c1-10-4-3-5-12(21)17(10)26-18(31)11-6-13(22)14(7-15(11)33-9-20(23,24)25)29-19(32)28(2)16(8-30)27-29/h3-7,30H,8-9H2,1-2H3,(H,26,31). The number of amides is 1. The fourth-order valence-corrected chi connectivity index (χ4v) is 2.90. The molecule has 2 N–H and O–H groups in total. The van der Waals surface area contributed by atoms with E-state index in [0.717, 1.165) is 10.6 Å². The summed E-state index contributed by atoms with van der Waals surface area (Å²) in [5.74, 6) is -4.02. The topological polar surface area (TPSA) is 98.4 Å². The second kappa shape index (κ2) is 9.02. The minimum Gasteiger partial charge on any atom is -0.483 e. The van der Waals surface area contributed by atoms with E-state index in [1.165, 1.54) is 26.1 Å². The van der Waals surface area contributed by atoms with Crippen LogP contribution >= 0.6 is 0 Å². The lowest BCUT2D eigenvalue weighted by molar-refractivity contribution is -0.153. The van der Waals surface area contributed by atoms with Crippen LogP contribution in [0.25, 0.3) is 5.69 Å². The van der Waals surface area contributed by atoms with E-state index in [-0.39, 0.29) is 11.5 Å². The van der Waals surface area contributed by atoms with Crippen LogP contribution in [0.5, 0.6) is 5.75 Å². The van der Waals surface area contributed by atoms with Crippen molar-refractivity contribution < 1.29 is 36.6 Å². The number of rotatable bonds is 6. The highest BCUT2D eigenvalue weighted by Gasteiger charge is 2.30.